The highest BCUT2D eigenvalue weighted by Gasteiger charge is 2.09. The molecule has 0 aliphatic heterocycles. The summed E-state index contributed by atoms with van der Waals surface area (Å²) in [4.78, 5) is 7.19. The topological polar surface area (TPSA) is 12.4 Å². The molecule has 1 aromatic heterocycles. The van der Waals surface area contributed by atoms with Gasteiger partial charge >= 0.3 is 0 Å². The number of thiophene rings is 1. The van der Waals surface area contributed by atoms with E-state index in [-0.39, 0.29) is 0 Å². The average molecular weight is 297 g/mol. The van der Waals surface area contributed by atoms with Crippen LogP contribution in [0.25, 0.3) is 10.1 Å². The quantitative estimate of drug-likeness (QED) is 0.440. The first kappa shape index (κ1) is 13.4. The fourth-order valence-corrected chi connectivity index (χ4v) is 4.22. The van der Waals surface area contributed by atoms with E-state index in [1.54, 1.807) is 0 Å². The van der Waals surface area contributed by atoms with Crippen molar-refractivity contribution in [3.8, 4) is 0 Å². The molecule has 0 atom stereocenters. The smallest absolute Gasteiger partial charge is 0.0630 e. The molecule has 0 saturated heterocycles. The first-order valence-corrected chi connectivity index (χ1v) is 8.42. The van der Waals surface area contributed by atoms with Crippen molar-refractivity contribution in [1.29, 1.82) is 0 Å². The van der Waals surface area contributed by atoms with Crippen LogP contribution in [0.5, 0.6) is 0 Å². The molecular weight excluding hydrogens is 282 g/mol. The van der Waals surface area contributed by atoms with Crippen LogP contribution in [0, 0.1) is 0 Å². The van der Waals surface area contributed by atoms with Crippen LogP contribution in [0.15, 0.2) is 64.5 Å². The van der Waals surface area contributed by atoms with Crippen molar-refractivity contribution in [1.82, 2.24) is 0 Å². The van der Waals surface area contributed by atoms with Gasteiger partial charge in [-0.25, -0.2) is 0 Å². The Kier molecular flexibility index (Phi) is 4.19. The Morgan fingerprint density at radius 3 is 2.60 bits per heavy atom. The van der Waals surface area contributed by atoms with E-state index >= 15 is 0 Å². The SMILES string of the molecule is CCSc1c(C=Nc2ccccc2)sc2ccccc12. The van der Waals surface area contributed by atoms with Gasteiger partial charge in [-0.1, -0.05) is 43.3 Å². The van der Waals surface area contributed by atoms with Crippen molar-refractivity contribution < 1.29 is 0 Å². The van der Waals surface area contributed by atoms with Crippen LogP contribution in [0.3, 0.4) is 0 Å². The Hall–Kier alpha value is -1.58. The fraction of sp³-hybridized carbons (Fsp3) is 0.118. The van der Waals surface area contributed by atoms with Crippen LogP contribution in [-0.2, 0) is 0 Å². The molecule has 0 aliphatic rings. The number of aliphatic imine (C=N–C) groups is 1. The van der Waals surface area contributed by atoms with Gasteiger partial charge in [-0.3, -0.25) is 4.99 Å². The molecule has 0 saturated carbocycles. The molecule has 0 amide bonds. The third-order valence-corrected chi connectivity index (χ3v) is 5.20. The van der Waals surface area contributed by atoms with Gasteiger partial charge in [-0.15, -0.1) is 23.1 Å². The van der Waals surface area contributed by atoms with Gasteiger partial charge in [0, 0.05) is 21.2 Å². The predicted molar refractivity (Wildman–Crippen MR) is 91.9 cm³/mol. The molecule has 1 nitrogen and oxygen atoms in total. The second-order valence-electron chi connectivity index (χ2n) is 4.32. The molecule has 3 rings (SSSR count). The Labute approximate surface area is 127 Å². The second kappa shape index (κ2) is 6.25. The molecule has 100 valence electrons. The third-order valence-electron chi connectivity index (χ3n) is 2.95. The van der Waals surface area contributed by atoms with E-state index in [4.69, 9.17) is 0 Å². The first-order chi connectivity index (χ1) is 9.88. The largest absolute Gasteiger partial charge is 0.255 e. The maximum atomic E-state index is 4.59. The zero-order valence-corrected chi connectivity index (χ0v) is 12.9. The molecule has 0 fully saturated rings. The molecule has 3 aromatic rings. The summed E-state index contributed by atoms with van der Waals surface area (Å²) in [6, 6.07) is 18.7. The molecule has 0 aliphatic carbocycles. The molecule has 0 N–H and O–H groups in total. The number of fused-ring (bicyclic) bond motifs is 1. The number of hydrogen-bond acceptors (Lipinski definition) is 3. The maximum absolute atomic E-state index is 4.59. The summed E-state index contributed by atoms with van der Waals surface area (Å²) >= 11 is 3.71. The molecule has 0 radical (unpaired) electrons. The highest BCUT2D eigenvalue weighted by Crippen LogP contribution is 2.37. The summed E-state index contributed by atoms with van der Waals surface area (Å²) in [5.74, 6) is 1.08. The Morgan fingerprint density at radius 2 is 1.80 bits per heavy atom. The second-order valence-corrected chi connectivity index (χ2v) is 6.68. The number of para-hydroxylation sites is 1. The fourth-order valence-electron chi connectivity index (χ4n) is 2.07. The van der Waals surface area contributed by atoms with Crippen LogP contribution < -0.4 is 0 Å². The van der Waals surface area contributed by atoms with Gasteiger partial charge in [0.25, 0.3) is 0 Å². The van der Waals surface area contributed by atoms with Crippen LogP contribution in [0.1, 0.15) is 11.8 Å². The molecule has 0 spiro atoms. The zero-order chi connectivity index (χ0) is 13.8. The van der Waals surface area contributed by atoms with Crippen LogP contribution in [-0.4, -0.2) is 12.0 Å². The summed E-state index contributed by atoms with van der Waals surface area (Å²) in [5, 5.41) is 1.35. The minimum Gasteiger partial charge on any atom is -0.255 e. The minimum atomic E-state index is 0.998. The van der Waals surface area contributed by atoms with Gasteiger partial charge in [0.1, 0.15) is 0 Å². The van der Waals surface area contributed by atoms with Gasteiger partial charge < -0.3 is 0 Å². The van der Waals surface area contributed by atoms with E-state index in [9.17, 15) is 0 Å². The standard InChI is InChI=1S/C17H15NS2/c1-2-19-17-14-10-6-7-11-15(14)20-16(17)12-18-13-8-4-3-5-9-13/h3-12H,2H2,1H3. The van der Waals surface area contributed by atoms with E-state index in [1.807, 2.05) is 59.6 Å². The normalized spacial score (nSPS) is 11.4. The van der Waals surface area contributed by atoms with Crippen molar-refractivity contribution in [2.75, 3.05) is 5.75 Å². The Balaban J connectivity index is 2.02. The maximum Gasteiger partial charge on any atom is 0.0630 e. The van der Waals surface area contributed by atoms with Crippen molar-refractivity contribution in [2.24, 2.45) is 4.99 Å². The van der Waals surface area contributed by atoms with Gasteiger partial charge in [-0.2, -0.15) is 0 Å². The monoisotopic (exact) mass is 297 g/mol. The van der Waals surface area contributed by atoms with Crippen LogP contribution in [0.2, 0.25) is 0 Å². The number of thioether (sulfide) groups is 1. The van der Waals surface area contributed by atoms with Crippen molar-refractivity contribution in [2.45, 2.75) is 11.8 Å². The lowest BCUT2D eigenvalue weighted by Crippen LogP contribution is -1.79. The van der Waals surface area contributed by atoms with E-state index in [0.29, 0.717) is 0 Å². The highest BCUT2D eigenvalue weighted by atomic mass is 32.2. The van der Waals surface area contributed by atoms with Gasteiger partial charge in [0.2, 0.25) is 0 Å². The summed E-state index contributed by atoms with van der Waals surface area (Å²) < 4.78 is 1.33. The van der Waals surface area contributed by atoms with Crippen molar-refractivity contribution >= 4 is 45.1 Å². The van der Waals surface area contributed by atoms with E-state index in [2.05, 4.69) is 36.2 Å². The van der Waals surface area contributed by atoms with Crippen LogP contribution >= 0.6 is 23.1 Å². The van der Waals surface area contributed by atoms with Gasteiger partial charge in [-0.05, 0) is 24.0 Å². The van der Waals surface area contributed by atoms with Crippen LogP contribution in [0.4, 0.5) is 5.69 Å². The molecule has 20 heavy (non-hydrogen) atoms. The highest BCUT2D eigenvalue weighted by molar-refractivity contribution is 7.99. The summed E-state index contributed by atoms with van der Waals surface area (Å²) in [7, 11) is 0. The number of hydrogen-bond donors (Lipinski definition) is 0. The van der Waals surface area contributed by atoms with Crippen molar-refractivity contribution in [3.63, 3.8) is 0 Å². The zero-order valence-electron chi connectivity index (χ0n) is 11.2. The number of benzene rings is 2. The molecule has 0 bridgehead atoms. The summed E-state index contributed by atoms with van der Waals surface area (Å²) in [5.41, 5.74) is 0.998. The van der Waals surface area contributed by atoms with E-state index < -0.39 is 0 Å². The number of nitrogens with zero attached hydrogens (tertiary/aromatic N) is 1. The molecular formula is C17H15NS2. The molecule has 0 unspecified atom stereocenters. The average Bonchev–Trinajstić information content (AvgIpc) is 2.85. The molecule has 2 aromatic carbocycles. The predicted octanol–water partition coefficient (Wildman–Crippen LogP) is 5.76. The van der Waals surface area contributed by atoms with E-state index in [0.717, 1.165) is 11.4 Å². The summed E-state index contributed by atoms with van der Waals surface area (Å²) in [6.07, 6.45) is 2.00. The third kappa shape index (κ3) is 2.79. The lowest BCUT2D eigenvalue weighted by atomic mass is 10.2. The van der Waals surface area contributed by atoms with Gasteiger partial charge in [0.15, 0.2) is 0 Å². The Bertz CT molecular complexity index is 729. The first-order valence-electron chi connectivity index (χ1n) is 6.62. The lowest BCUT2D eigenvalue weighted by Gasteiger charge is -1.98. The van der Waals surface area contributed by atoms with Crippen molar-refractivity contribution in [3.05, 3.63) is 59.5 Å². The minimum absolute atomic E-state index is 0.998. The van der Waals surface area contributed by atoms with E-state index in [1.165, 1.54) is 19.9 Å². The molecule has 3 heteroatoms. The van der Waals surface area contributed by atoms with Gasteiger partial charge in [0.05, 0.1) is 10.6 Å². The lowest BCUT2D eigenvalue weighted by molar-refractivity contribution is 1.49. The molecule has 1 heterocycles. The Morgan fingerprint density at radius 1 is 1.05 bits per heavy atom. The summed E-state index contributed by atoms with van der Waals surface area (Å²) in [6.45, 7) is 2.19. The number of rotatable bonds is 4.